The number of esters is 2. The smallest absolute Gasteiger partial charge is 0.306 e. The summed E-state index contributed by atoms with van der Waals surface area (Å²) < 4.78 is 33.7. The minimum Gasteiger partial charge on any atom is -0.756 e. The van der Waals surface area contributed by atoms with Gasteiger partial charge in [0.05, 0.1) is 27.7 Å². The Kier molecular flexibility index (Phi) is 31.3. The Morgan fingerprint density at radius 1 is 0.562 bits per heavy atom. The fourth-order valence-electron chi connectivity index (χ4n) is 5.48. The zero-order valence-corrected chi connectivity index (χ0v) is 32.8. The average Bonchev–Trinajstić information content (AvgIpc) is 3.02. The number of hydrogen-bond acceptors (Lipinski definition) is 8. The standard InChI is InChI=1S/C38H76NO8P/c1-6-8-10-12-14-16-17-18-19-20-21-23-24-26-28-30-37(40)44-34-36(35-46-48(42,43)45-33-32-39(3,4)5)47-38(41)31-29-27-25-22-15-13-11-9-7-2/h36H,6-35H2,1-5H3/t36-/m0/s1. The van der Waals surface area contributed by atoms with Crippen molar-refractivity contribution in [2.45, 2.75) is 187 Å². The van der Waals surface area contributed by atoms with E-state index in [1.54, 1.807) is 0 Å². The highest BCUT2D eigenvalue weighted by atomic mass is 31.2. The molecule has 0 aromatic rings. The van der Waals surface area contributed by atoms with Crippen LogP contribution < -0.4 is 4.89 Å². The molecule has 0 bridgehead atoms. The Balaban J connectivity index is 4.33. The molecule has 0 aromatic heterocycles. The summed E-state index contributed by atoms with van der Waals surface area (Å²) in [5, 5.41) is 0. The van der Waals surface area contributed by atoms with Crippen molar-refractivity contribution in [2.24, 2.45) is 0 Å². The summed E-state index contributed by atoms with van der Waals surface area (Å²) in [5.74, 6) is -0.828. The molecule has 0 aromatic carbocycles. The largest absolute Gasteiger partial charge is 0.756 e. The van der Waals surface area contributed by atoms with Gasteiger partial charge in [-0.15, -0.1) is 0 Å². The average molecular weight is 706 g/mol. The van der Waals surface area contributed by atoms with Crippen molar-refractivity contribution in [3.05, 3.63) is 0 Å². The fraction of sp³-hybridized carbons (Fsp3) is 0.947. The molecule has 48 heavy (non-hydrogen) atoms. The number of phosphoric acid groups is 1. The maximum Gasteiger partial charge on any atom is 0.306 e. The third-order valence-corrected chi connectivity index (χ3v) is 9.59. The number of phosphoric ester groups is 1. The number of hydrogen-bond donors (Lipinski definition) is 0. The van der Waals surface area contributed by atoms with Gasteiger partial charge in [0.25, 0.3) is 7.82 Å². The Morgan fingerprint density at radius 3 is 1.33 bits per heavy atom. The lowest BCUT2D eigenvalue weighted by Gasteiger charge is -2.28. The highest BCUT2D eigenvalue weighted by molar-refractivity contribution is 7.45. The molecule has 0 aliphatic rings. The molecule has 2 atom stereocenters. The third kappa shape index (κ3) is 34.9. The van der Waals surface area contributed by atoms with Crippen LogP contribution >= 0.6 is 7.82 Å². The van der Waals surface area contributed by atoms with Crippen LogP contribution in [-0.2, 0) is 32.7 Å². The minimum atomic E-state index is -4.61. The molecule has 0 fully saturated rings. The van der Waals surface area contributed by atoms with Crippen LogP contribution in [0.1, 0.15) is 181 Å². The minimum absolute atomic E-state index is 0.0262. The van der Waals surface area contributed by atoms with E-state index in [-0.39, 0.29) is 32.0 Å². The SMILES string of the molecule is CCCCCCCCCCCCCCCCCC(=O)OC[C@@H](COP(=O)([O-])OCC[N+](C)(C)C)OC(=O)CCCCCCCCCCC. The van der Waals surface area contributed by atoms with Crippen molar-refractivity contribution in [3.63, 3.8) is 0 Å². The van der Waals surface area contributed by atoms with E-state index < -0.39 is 26.5 Å². The quantitative estimate of drug-likeness (QED) is 0.0274. The van der Waals surface area contributed by atoms with Crippen molar-refractivity contribution in [1.29, 1.82) is 0 Å². The number of likely N-dealkylation sites (N-methyl/N-ethyl adjacent to an activating group) is 1. The van der Waals surface area contributed by atoms with Gasteiger partial charge in [0.1, 0.15) is 19.8 Å². The summed E-state index contributed by atoms with van der Waals surface area (Å²) in [4.78, 5) is 37.3. The van der Waals surface area contributed by atoms with Gasteiger partial charge in [-0.1, -0.05) is 155 Å². The van der Waals surface area contributed by atoms with E-state index >= 15 is 0 Å². The van der Waals surface area contributed by atoms with Crippen molar-refractivity contribution in [1.82, 2.24) is 0 Å². The number of carbonyl (C=O) groups excluding carboxylic acids is 2. The van der Waals surface area contributed by atoms with Crippen LogP contribution in [-0.4, -0.2) is 70.0 Å². The predicted molar refractivity (Wildman–Crippen MR) is 195 cm³/mol. The molecule has 10 heteroatoms. The van der Waals surface area contributed by atoms with Crippen LogP contribution in [0.3, 0.4) is 0 Å². The van der Waals surface area contributed by atoms with Crippen LogP contribution in [0.15, 0.2) is 0 Å². The van der Waals surface area contributed by atoms with Crippen molar-refractivity contribution < 1.29 is 42.1 Å². The van der Waals surface area contributed by atoms with Gasteiger partial charge in [-0.3, -0.25) is 14.2 Å². The number of rotatable bonds is 36. The van der Waals surface area contributed by atoms with Gasteiger partial charge in [0.15, 0.2) is 6.10 Å². The normalized spacial score (nSPS) is 13.7. The molecule has 0 rings (SSSR count). The molecule has 0 radical (unpaired) electrons. The second-order valence-corrected chi connectivity index (χ2v) is 16.1. The molecule has 0 heterocycles. The highest BCUT2D eigenvalue weighted by Crippen LogP contribution is 2.38. The molecule has 0 aliphatic heterocycles. The third-order valence-electron chi connectivity index (χ3n) is 8.63. The zero-order chi connectivity index (χ0) is 35.8. The first kappa shape index (κ1) is 47.0. The van der Waals surface area contributed by atoms with Crippen LogP contribution in [0.25, 0.3) is 0 Å². The van der Waals surface area contributed by atoms with Crippen molar-refractivity contribution in [2.75, 3.05) is 47.5 Å². The first-order valence-electron chi connectivity index (χ1n) is 19.7. The van der Waals surface area contributed by atoms with Crippen LogP contribution in [0, 0.1) is 0 Å². The second kappa shape index (κ2) is 32.0. The number of unbranched alkanes of at least 4 members (excludes halogenated alkanes) is 22. The molecule has 1 unspecified atom stereocenters. The van der Waals surface area contributed by atoms with Gasteiger partial charge >= 0.3 is 11.9 Å². The van der Waals surface area contributed by atoms with Crippen LogP contribution in [0.2, 0.25) is 0 Å². The molecule has 0 spiro atoms. The molecule has 0 saturated heterocycles. The topological polar surface area (TPSA) is 111 Å². The van der Waals surface area contributed by atoms with E-state index in [0.29, 0.717) is 17.4 Å². The molecule has 0 saturated carbocycles. The number of ether oxygens (including phenoxy) is 2. The Labute approximate surface area is 295 Å². The summed E-state index contributed by atoms with van der Waals surface area (Å²) in [6, 6.07) is 0. The summed E-state index contributed by atoms with van der Waals surface area (Å²) >= 11 is 0. The monoisotopic (exact) mass is 706 g/mol. The summed E-state index contributed by atoms with van der Waals surface area (Å²) in [6.07, 6.45) is 28.4. The fourth-order valence-corrected chi connectivity index (χ4v) is 6.21. The van der Waals surface area contributed by atoms with E-state index in [2.05, 4.69) is 13.8 Å². The van der Waals surface area contributed by atoms with Crippen LogP contribution in [0.4, 0.5) is 0 Å². The number of carbonyl (C=O) groups is 2. The molecular formula is C38H76NO8P. The summed E-state index contributed by atoms with van der Waals surface area (Å²) in [6.45, 7) is 4.21. The van der Waals surface area contributed by atoms with Gasteiger partial charge in [-0.05, 0) is 12.8 Å². The molecule has 286 valence electrons. The maximum absolute atomic E-state index is 12.5. The lowest BCUT2D eigenvalue weighted by molar-refractivity contribution is -0.870. The predicted octanol–water partition coefficient (Wildman–Crippen LogP) is 9.83. The lowest BCUT2D eigenvalue weighted by atomic mass is 10.0. The van der Waals surface area contributed by atoms with Crippen molar-refractivity contribution >= 4 is 19.8 Å². The van der Waals surface area contributed by atoms with Gasteiger partial charge in [-0.25, -0.2) is 0 Å². The molecule has 0 N–H and O–H groups in total. The molecule has 0 amide bonds. The molecule has 9 nitrogen and oxygen atoms in total. The first-order chi connectivity index (χ1) is 23.0. The maximum atomic E-state index is 12.5. The Hall–Kier alpha value is -0.990. The summed E-state index contributed by atoms with van der Waals surface area (Å²) in [7, 11) is 1.18. The van der Waals surface area contributed by atoms with Gasteiger partial charge < -0.3 is 27.9 Å². The number of nitrogens with zero attached hydrogens (tertiary/aromatic N) is 1. The van der Waals surface area contributed by atoms with Gasteiger partial charge in [0.2, 0.25) is 0 Å². The van der Waals surface area contributed by atoms with E-state index in [0.717, 1.165) is 38.5 Å². The second-order valence-electron chi connectivity index (χ2n) is 14.7. The molecular weight excluding hydrogens is 629 g/mol. The summed E-state index contributed by atoms with van der Waals surface area (Å²) in [5.41, 5.74) is 0. The Morgan fingerprint density at radius 2 is 0.938 bits per heavy atom. The first-order valence-corrected chi connectivity index (χ1v) is 21.2. The highest BCUT2D eigenvalue weighted by Gasteiger charge is 2.21. The van der Waals surface area contributed by atoms with E-state index in [1.807, 2.05) is 21.1 Å². The van der Waals surface area contributed by atoms with Gasteiger partial charge in [0, 0.05) is 12.8 Å². The van der Waals surface area contributed by atoms with Crippen molar-refractivity contribution in [3.8, 4) is 0 Å². The van der Waals surface area contributed by atoms with E-state index in [1.165, 1.54) is 109 Å². The van der Waals surface area contributed by atoms with E-state index in [4.69, 9.17) is 18.5 Å². The Bertz CT molecular complexity index is 804. The van der Waals surface area contributed by atoms with Gasteiger partial charge in [-0.2, -0.15) is 0 Å². The zero-order valence-electron chi connectivity index (χ0n) is 32.0. The number of quaternary nitrogens is 1. The molecule has 0 aliphatic carbocycles. The lowest BCUT2D eigenvalue weighted by Crippen LogP contribution is -2.37. The van der Waals surface area contributed by atoms with Crippen LogP contribution in [0.5, 0.6) is 0 Å². The van der Waals surface area contributed by atoms with E-state index in [9.17, 15) is 19.0 Å².